The van der Waals surface area contributed by atoms with Crippen molar-refractivity contribution in [2.75, 3.05) is 39.8 Å². The van der Waals surface area contributed by atoms with Crippen molar-refractivity contribution in [2.24, 2.45) is 0 Å². The molecule has 2 aliphatic heterocycles. The summed E-state index contributed by atoms with van der Waals surface area (Å²) in [6, 6.07) is 5.69. The first kappa shape index (κ1) is 21.2. The summed E-state index contributed by atoms with van der Waals surface area (Å²) in [4.78, 5) is 28.1. The van der Waals surface area contributed by atoms with E-state index in [-0.39, 0.29) is 25.6 Å². The summed E-state index contributed by atoms with van der Waals surface area (Å²) in [5, 5.41) is 0. The molecule has 0 bridgehead atoms. The molecule has 0 radical (unpaired) electrons. The van der Waals surface area contributed by atoms with Crippen molar-refractivity contribution in [1.82, 2.24) is 9.80 Å². The number of nitrogens with zero attached hydrogens (tertiary/aromatic N) is 2. The Balaban J connectivity index is 1.40. The zero-order valence-electron chi connectivity index (χ0n) is 17.2. The maximum Gasteiger partial charge on any atom is 0.412 e. The molecule has 8 heteroatoms. The van der Waals surface area contributed by atoms with Gasteiger partial charge < -0.3 is 28.7 Å². The Labute approximate surface area is 171 Å². The van der Waals surface area contributed by atoms with Gasteiger partial charge in [0.05, 0.1) is 6.42 Å². The van der Waals surface area contributed by atoms with Crippen LogP contribution in [-0.4, -0.2) is 67.7 Å². The van der Waals surface area contributed by atoms with Crippen LogP contribution in [0.15, 0.2) is 18.2 Å². The number of hydrogen-bond acceptors (Lipinski definition) is 7. The van der Waals surface area contributed by atoms with Gasteiger partial charge in [-0.2, -0.15) is 0 Å². The average Bonchev–Trinajstić information content (AvgIpc) is 3.38. The Morgan fingerprint density at radius 1 is 1.17 bits per heavy atom. The summed E-state index contributed by atoms with van der Waals surface area (Å²) in [5.41, 5.74) is 1.04. The molecule has 160 valence electrons. The van der Waals surface area contributed by atoms with Gasteiger partial charge >= 0.3 is 12.1 Å². The number of carbonyl (C=O) groups is 2. The highest BCUT2D eigenvalue weighted by atomic mass is 16.7. The smallest absolute Gasteiger partial charge is 0.412 e. The molecule has 1 saturated heterocycles. The molecule has 0 N–H and O–H groups in total. The molecule has 29 heavy (non-hydrogen) atoms. The summed E-state index contributed by atoms with van der Waals surface area (Å²) < 4.78 is 20.9. The summed E-state index contributed by atoms with van der Waals surface area (Å²) in [5.74, 6) is 1.11. The van der Waals surface area contributed by atoms with Gasteiger partial charge in [-0.1, -0.05) is 6.07 Å². The van der Waals surface area contributed by atoms with Crippen LogP contribution in [0.4, 0.5) is 4.79 Å². The van der Waals surface area contributed by atoms with Crippen molar-refractivity contribution in [2.45, 2.75) is 45.6 Å². The quantitative estimate of drug-likeness (QED) is 0.461. The average molecular weight is 406 g/mol. The number of hydrogen-bond donors (Lipinski definition) is 0. The maximum atomic E-state index is 12.4. The van der Waals surface area contributed by atoms with E-state index in [0.29, 0.717) is 25.9 Å². The molecule has 1 aromatic rings. The normalized spacial score (nSPS) is 16.5. The van der Waals surface area contributed by atoms with Crippen molar-refractivity contribution in [1.29, 1.82) is 0 Å². The van der Waals surface area contributed by atoms with E-state index in [0.717, 1.165) is 30.2 Å². The number of rotatable bonds is 9. The van der Waals surface area contributed by atoms with Crippen molar-refractivity contribution in [3.05, 3.63) is 23.8 Å². The minimum absolute atomic E-state index is 0.0845. The molecule has 1 fully saturated rings. The molecule has 2 aliphatic rings. The molecule has 0 spiro atoms. The van der Waals surface area contributed by atoms with E-state index in [1.807, 2.05) is 32.0 Å². The summed E-state index contributed by atoms with van der Waals surface area (Å²) in [6.07, 6.45) is 2.84. The van der Waals surface area contributed by atoms with E-state index in [1.54, 1.807) is 4.90 Å². The number of esters is 1. The second-order valence-corrected chi connectivity index (χ2v) is 7.37. The summed E-state index contributed by atoms with van der Waals surface area (Å²) in [6.45, 7) is 6.98. The highest BCUT2D eigenvalue weighted by molar-refractivity contribution is 5.70. The SMILES string of the molecule is CCN(C(=O)OCOC(=O)CCN1CCCC1)C(C)Cc1ccc2c(c1)OCO2. The van der Waals surface area contributed by atoms with Crippen LogP contribution in [0.25, 0.3) is 0 Å². The zero-order chi connectivity index (χ0) is 20.6. The molecule has 1 amide bonds. The van der Waals surface area contributed by atoms with Gasteiger partial charge in [0.2, 0.25) is 13.6 Å². The third-order valence-electron chi connectivity index (χ3n) is 5.31. The van der Waals surface area contributed by atoms with Crippen LogP contribution >= 0.6 is 0 Å². The Morgan fingerprint density at radius 3 is 2.69 bits per heavy atom. The first-order valence-corrected chi connectivity index (χ1v) is 10.3. The van der Waals surface area contributed by atoms with Gasteiger partial charge in [0.25, 0.3) is 0 Å². The standard InChI is InChI=1S/C21H30N2O6/c1-3-23(16(2)12-17-6-7-18-19(13-17)27-14-26-18)21(25)29-15-28-20(24)8-11-22-9-4-5-10-22/h6-7,13,16H,3-5,8-12,14-15H2,1-2H3. The summed E-state index contributed by atoms with van der Waals surface area (Å²) >= 11 is 0. The van der Waals surface area contributed by atoms with E-state index < -0.39 is 6.09 Å². The molecule has 1 unspecified atom stereocenters. The van der Waals surface area contributed by atoms with Crippen LogP contribution < -0.4 is 9.47 Å². The fraction of sp³-hybridized carbons (Fsp3) is 0.619. The Kier molecular flexibility index (Phi) is 7.57. The minimum atomic E-state index is -0.493. The molecule has 8 nitrogen and oxygen atoms in total. The molecule has 0 saturated carbocycles. The molecule has 1 aromatic carbocycles. The minimum Gasteiger partial charge on any atom is -0.454 e. The molecule has 0 aromatic heterocycles. The lowest BCUT2D eigenvalue weighted by Gasteiger charge is -2.27. The molecule has 2 heterocycles. The van der Waals surface area contributed by atoms with Gasteiger partial charge in [0.15, 0.2) is 11.5 Å². The van der Waals surface area contributed by atoms with Crippen LogP contribution in [0.5, 0.6) is 11.5 Å². The van der Waals surface area contributed by atoms with Crippen molar-refractivity contribution in [3.8, 4) is 11.5 Å². The summed E-state index contributed by atoms with van der Waals surface area (Å²) in [7, 11) is 0. The largest absolute Gasteiger partial charge is 0.454 e. The van der Waals surface area contributed by atoms with Crippen molar-refractivity contribution >= 4 is 12.1 Å². The Hall–Kier alpha value is -2.48. The number of benzene rings is 1. The number of amides is 1. The second-order valence-electron chi connectivity index (χ2n) is 7.37. The predicted octanol–water partition coefficient (Wildman–Crippen LogP) is 2.79. The van der Waals surface area contributed by atoms with Gasteiger partial charge in [-0.3, -0.25) is 4.79 Å². The highest BCUT2D eigenvalue weighted by Gasteiger charge is 2.22. The number of carbonyl (C=O) groups excluding carboxylic acids is 2. The van der Waals surface area contributed by atoms with Gasteiger partial charge in [0, 0.05) is 19.1 Å². The lowest BCUT2D eigenvalue weighted by Crippen LogP contribution is -2.40. The van der Waals surface area contributed by atoms with Crippen LogP contribution in [0.3, 0.4) is 0 Å². The molecule has 1 atom stereocenters. The fourth-order valence-corrected chi connectivity index (χ4v) is 3.70. The van der Waals surface area contributed by atoms with Crippen molar-refractivity contribution in [3.63, 3.8) is 0 Å². The van der Waals surface area contributed by atoms with Crippen LogP contribution in [0.1, 0.15) is 38.7 Å². The van der Waals surface area contributed by atoms with E-state index in [1.165, 1.54) is 12.8 Å². The topological polar surface area (TPSA) is 77.5 Å². The Bertz CT molecular complexity index is 704. The fourth-order valence-electron chi connectivity index (χ4n) is 3.70. The van der Waals surface area contributed by atoms with Crippen LogP contribution in [0, 0.1) is 0 Å². The molecule has 3 rings (SSSR count). The second kappa shape index (κ2) is 10.3. The van der Waals surface area contributed by atoms with E-state index >= 15 is 0 Å². The lowest BCUT2D eigenvalue weighted by molar-refractivity contribution is -0.152. The zero-order valence-corrected chi connectivity index (χ0v) is 17.2. The maximum absolute atomic E-state index is 12.4. The molecule has 0 aliphatic carbocycles. The highest BCUT2D eigenvalue weighted by Crippen LogP contribution is 2.33. The monoisotopic (exact) mass is 406 g/mol. The number of likely N-dealkylation sites (N-methyl/N-ethyl adjacent to an activating group) is 1. The van der Waals surface area contributed by atoms with E-state index in [9.17, 15) is 9.59 Å². The predicted molar refractivity (Wildman–Crippen MR) is 106 cm³/mol. The van der Waals surface area contributed by atoms with Gasteiger partial charge in [-0.05, 0) is 63.9 Å². The van der Waals surface area contributed by atoms with E-state index in [4.69, 9.17) is 18.9 Å². The molecular formula is C21H30N2O6. The van der Waals surface area contributed by atoms with Crippen LogP contribution in [0.2, 0.25) is 0 Å². The third-order valence-corrected chi connectivity index (χ3v) is 5.31. The van der Waals surface area contributed by atoms with Crippen molar-refractivity contribution < 1.29 is 28.5 Å². The number of likely N-dealkylation sites (tertiary alicyclic amines) is 1. The van der Waals surface area contributed by atoms with Gasteiger partial charge in [-0.15, -0.1) is 0 Å². The first-order chi connectivity index (χ1) is 14.1. The first-order valence-electron chi connectivity index (χ1n) is 10.3. The lowest BCUT2D eigenvalue weighted by atomic mass is 10.1. The van der Waals surface area contributed by atoms with Gasteiger partial charge in [-0.25, -0.2) is 4.79 Å². The van der Waals surface area contributed by atoms with Crippen LogP contribution in [-0.2, 0) is 20.7 Å². The Morgan fingerprint density at radius 2 is 1.93 bits per heavy atom. The third kappa shape index (κ3) is 6.00. The van der Waals surface area contributed by atoms with E-state index in [2.05, 4.69) is 4.90 Å². The number of ether oxygens (including phenoxy) is 4. The molecular weight excluding hydrogens is 376 g/mol. The van der Waals surface area contributed by atoms with Gasteiger partial charge in [0.1, 0.15) is 0 Å². The number of fused-ring (bicyclic) bond motifs is 1.